The molecule has 0 spiro atoms. The first-order valence-electron chi connectivity index (χ1n) is 6.00. The number of benzene rings is 2. The van der Waals surface area contributed by atoms with Gasteiger partial charge in [-0.15, -0.1) is 11.8 Å². The minimum Gasteiger partial charge on any atom is -0.316 e. The minimum atomic E-state index is 0.766. The number of hydrogen-bond acceptors (Lipinski definition) is 2. The van der Waals surface area contributed by atoms with Gasteiger partial charge in [0.05, 0.1) is 5.02 Å². The van der Waals surface area contributed by atoms with Crippen LogP contribution < -0.4 is 5.32 Å². The largest absolute Gasteiger partial charge is 0.316 e. The van der Waals surface area contributed by atoms with Gasteiger partial charge in [-0.25, -0.2) is 0 Å². The van der Waals surface area contributed by atoms with Crippen molar-refractivity contribution in [2.75, 3.05) is 7.05 Å². The number of nitrogens with one attached hydrogen (secondary N) is 1. The summed E-state index contributed by atoms with van der Waals surface area (Å²) >= 11 is 13.9. The highest BCUT2D eigenvalue weighted by Crippen LogP contribution is 2.33. The lowest BCUT2D eigenvalue weighted by atomic mass is 10.2. The molecule has 1 nitrogen and oxygen atoms in total. The molecule has 19 heavy (non-hydrogen) atoms. The van der Waals surface area contributed by atoms with Gasteiger partial charge in [-0.05, 0) is 36.4 Å². The molecule has 2 aromatic carbocycles. The molecule has 2 rings (SSSR count). The molecule has 0 atom stereocenters. The Bertz CT molecular complexity index is 540. The number of rotatable bonds is 5. The molecule has 0 aliphatic rings. The first-order chi connectivity index (χ1) is 9.20. The Morgan fingerprint density at radius 2 is 1.79 bits per heavy atom. The topological polar surface area (TPSA) is 12.0 Å². The van der Waals surface area contributed by atoms with Crippen LogP contribution in [0.2, 0.25) is 10.0 Å². The lowest BCUT2D eigenvalue weighted by Crippen LogP contribution is -2.06. The van der Waals surface area contributed by atoms with Crippen LogP contribution in [-0.4, -0.2) is 7.05 Å². The molecule has 1 N–H and O–H groups in total. The SMILES string of the molecule is CNCc1cccc(Cl)c1SCc1ccc(Cl)cc1. The Labute approximate surface area is 128 Å². The lowest BCUT2D eigenvalue weighted by Gasteiger charge is -2.11. The molecule has 0 heterocycles. The molecule has 4 heteroatoms. The highest BCUT2D eigenvalue weighted by Gasteiger charge is 2.07. The van der Waals surface area contributed by atoms with Crippen LogP contribution in [0.25, 0.3) is 0 Å². The Morgan fingerprint density at radius 3 is 2.47 bits per heavy atom. The Kier molecular flexibility index (Phi) is 5.59. The fourth-order valence-electron chi connectivity index (χ4n) is 1.78. The zero-order valence-corrected chi connectivity index (χ0v) is 12.9. The Balaban J connectivity index is 2.12. The molecule has 0 amide bonds. The Morgan fingerprint density at radius 1 is 1.05 bits per heavy atom. The highest BCUT2D eigenvalue weighted by molar-refractivity contribution is 7.98. The number of hydrogen-bond donors (Lipinski definition) is 1. The summed E-state index contributed by atoms with van der Waals surface area (Å²) in [4.78, 5) is 1.15. The molecular weight excluding hydrogens is 297 g/mol. The minimum absolute atomic E-state index is 0.766. The van der Waals surface area contributed by atoms with Crippen LogP contribution in [0.3, 0.4) is 0 Å². The number of thioether (sulfide) groups is 1. The lowest BCUT2D eigenvalue weighted by molar-refractivity contribution is 0.803. The second-order valence-electron chi connectivity index (χ2n) is 4.17. The first kappa shape index (κ1) is 14.7. The average molecular weight is 312 g/mol. The summed E-state index contributed by atoms with van der Waals surface area (Å²) in [5.74, 6) is 0.887. The summed E-state index contributed by atoms with van der Waals surface area (Å²) in [7, 11) is 1.94. The maximum absolute atomic E-state index is 6.29. The summed E-state index contributed by atoms with van der Waals surface area (Å²) in [6.07, 6.45) is 0. The molecule has 0 aromatic heterocycles. The third-order valence-electron chi connectivity index (χ3n) is 2.71. The predicted octanol–water partition coefficient (Wildman–Crippen LogP) is 5.01. The average Bonchev–Trinajstić information content (AvgIpc) is 2.40. The van der Waals surface area contributed by atoms with E-state index >= 15 is 0 Å². The summed E-state index contributed by atoms with van der Waals surface area (Å²) in [5.41, 5.74) is 2.47. The second kappa shape index (κ2) is 7.20. The maximum Gasteiger partial charge on any atom is 0.0545 e. The van der Waals surface area contributed by atoms with Gasteiger partial charge in [0.2, 0.25) is 0 Å². The third-order valence-corrected chi connectivity index (χ3v) is 4.64. The summed E-state index contributed by atoms with van der Waals surface area (Å²) in [5, 5.41) is 4.75. The van der Waals surface area contributed by atoms with Crippen molar-refractivity contribution in [3.63, 3.8) is 0 Å². The molecule has 0 saturated carbocycles. The van der Waals surface area contributed by atoms with Gasteiger partial charge in [0.25, 0.3) is 0 Å². The van der Waals surface area contributed by atoms with Crippen LogP contribution >= 0.6 is 35.0 Å². The molecular formula is C15H15Cl2NS. The molecule has 2 aromatic rings. The quantitative estimate of drug-likeness (QED) is 0.779. The van der Waals surface area contributed by atoms with Crippen molar-refractivity contribution in [2.24, 2.45) is 0 Å². The van der Waals surface area contributed by atoms with Crippen LogP contribution in [0, 0.1) is 0 Å². The smallest absolute Gasteiger partial charge is 0.0545 e. The standard InChI is InChI=1S/C15H15Cl2NS/c1-18-9-12-3-2-4-14(17)15(12)19-10-11-5-7-13(16)8-6-11/h2-8,18H,9-10H2,1H3. The van der Waals surface area contributed by atoms with E-state index in [0.29, 0.717) is 0 Å². The van der Waals surface area contributed by atoms with E-state index in [0.717, 1.165) is 27.2 Å². The fourth-order valence-corrected chi connectivity index (χ4v) is 3.30. The van der Waals surface area contributed by atoms with Gasteiger partial charge in [-0.3, -0.25) is 0 Å². The maximum atomic E-state index is 6.29. The van der Waals surface area contributed by atoms with Gasteiger partial charge in [0.15, 0.2) is 0 Å². The van der Waals surface area contributed by atoms with E-state index in [1.54, 1.807) is 11.8 Å². The van der Waals surface area contributed by atoms with Gasteiger partial charge >= 0.3 is 0 Å². The summed E-state index contributed by atoms with van der Waals surface area (Å²) in [6, 6.07) is 13.9. The molecule has 100 valence electrons. The predicted molar refractivity (Wildman–Crippen MR) is 85.2 cm³/mol. The van der Waals surface area contributed by atoms with Crippen molar-refractivity contribution < 1.29 is 0 Å². The Hall–Kier alpha value is -0.670. The number of halogens is 2. The molecule has 0 aliphatic heterocycles. The molecule has 0 bridgehead atoms. The third kappa shape index (κ3) is 4.15. The zero-order chi connectivity index (χ0) is 13.7. The first-order valence-corrected chi connectivity index (χ1v) is 7.74. The van der Waals surface area contributed by atoms with Crippen LogP contribution in [0.1, 0.15) is 11.1 Å². The van der Waals surface area contributed by atoms with Gasteiger partial charge in [0.1, 0.15) is 0 Å². The van der Waals surface area contributed by atoms with E-state index < -0.39 is 0 Å². The van der Waals surface area contributed by atoms with E-state index in [9.17, 15) is 0 Å². The normalized spacial score (nSPS) is 10.7. The van der Waals surface area contributed by atoms with Crippen LogP contribution in [0.5, 0.6) is 0 Å². The van der Waals surface area contributed by atoms with Crippen molar-refractivity contribution >= 4 is 35.0 Å². The van der Waals surface area contributed by atoms with Crippen molar-refractivity contribution in [1.82, 2.24) is 5.32 Å². The highest BCUT2D eigenvalue weighted by atomic mass is 35.5. The van der Waals surface area contributed by atoms with Crippen molar-refractivity contribution in [1.29, 1.82) is 0 Å². The van der Waals surface area contributed by atoms with E-state index in [4.69, 9.17) is 23.2 Å². The molecule has 0 aliphatic carbocycles. The molecule has 0 fully saturated rings. The van der Waals surface area contributed by atoms with Gasteiger partial charge in [-0.2, -0.15) is 0 Å². The van der Waals surface area contributed by atoms with Crippen LogP contribution in [0.15, 0.2) is 47.4 Å². The zero-order valence-electron chi connectivity index (χ0n) is 10.6. The van der Waals surface area contributed by atoms with Crippen LogP contribution in [0.4, 0.5) is 0 Å². The van der Waals surface area contributed by atoms with Gasteiger partial charge in [-0.1, -0.05) is 47.5 Å². The van der Waals surface area contributed by atoms with Crippen molar-refractivity contribution in [3.8, 4) is 0 Å². The van der Waals surface area contributed by atoms with Crippen molar-refractivity contribution in [2.45, 2.75) is 17.2 Å². The van der Waals surface area contributed by atoms with E-state index in [2.05, 4.69) is 11.4 Å². The van der Waals surface area contributed by atoms with Crippen molar-refractivity contribution in [3.05, 3.63) is 63.6 Å². The molecule has 0 radical (unpaired) electrons. The van der Waals surface area contributed by atoms with Gasteiger partial charge in [0, 0.05) is 22.2 Å². The monoisotopic (exact) mass is 311 g/mol. The van der Waals surface area contributed by atoms with E-state index in [-0.39, 0.29) is 0 Å². The van der Waals surface area contributed by atoms with E-state index in [1.807, 2.05) is 43.4 Å². The fraction of sp³-hybridized carbons (Fsp3) is 0.200. The van der Waals surface area contributed by atoms with Gasteiger partial charge < -0.3 is 5.32 Å². The van der Waals surface area contributed by atoms with E-state index in [1.165, 1.54) is 11.1 Å². The summed E-state index contributed by atoms with van der Waals surface area (Å²) < 4.78 is 0. The second-order valence-corrected chi connectivity index (χ2v) is 6.00. The molecule has 0 unspecified atom stereocenters. The summed E-state index contributed by atoms with van der Waals surface area (Å²) in [6.45, 7) is 0.823. The molecule has 0 saturated heterocycles. The van der Waals surface area contributed by atoms with Crippen LogP contribution in [-0.2, 0) is 12.3 Å².